The van der Waals surface area contributed by atoms with Crippen LogP contribution < -0.4 is 11.1 Å². The Morgan fingerprint density at radius 2 is 2.18 bits per heavy atom. The van der Waals surface area contributed by atoms with Crippen molar-refractivity contribution in [3.05, 3.63) is 36.2 Å². The van der Waals surface area contributed by atoms with E-state index < -0.39 is 6.04 Å². The van der Waals surface area contributed by atoms with Crippen LogP contribution in [0.4, 0.5) is 5.69 Å². The van der Waals surface area contributed by atoms with E-state index in [0.717, 1.165) is 17.7 Å². The summed E-state index contributed by atoms with van der Waals surface area (Å²) in [5, 5.41) is 2.84. The highest BCUT2D eigenvalue weighted by Gasteiger charge is 2.19. The number of nitrogens with two attached hydrogens (primary N) is 1. The summed E-state index contributed by atoms with van der Waals surface area (Å²) in [5.41, 5.74) is 8.25. The average molecular weight is 324 g/mol. The Bertz CT molecular complexity index is 627. The van der Waals surface area contributed by atoms with E-state index in [0.29, 0.717) is 11.6 Å². The van der Waals surface area contributed by atoms with E-state index in [9.17, 15) is 4.79 Å². The van der Waals surface area contributed by atoms with Crippen LogP contribution in [0.3, 0.4) is 0 Å². The lowest BCUT2D eigenvalue weighted by Gasteiger charge is -2.17. The molecule has 0 aliphatic heterocycles. The van der Waals surface area contributed by atoms with Crippen molar-refractivity contribution < 1.29 is 9.21 Å². The first kappa shape index (κ1) is 18.2. The molecule has 2 rings (SSSR count). The number of nitrogens with zero attached hydrogens (tertiary/aromatic N) is 1. The molecule has 5 nitrogen and oxygen atoms in total. The molecule has 0 saturated heterocycles. The second-order valence-electron chi connectivity index (χ2n) is 5.28. The van der Waals surface area contributed by atoms with Crippen LogP contribution in [0.2, 0.25) is 0 Å². The minimum absolute atomic E-state index is 0. The molecule has 22 heavy (non-hydrogen) atoms. The number of halogens is 1. The number of benzene rings is 1. The third-order valence-electron chi connectivity index (χ3n) is 3.56. The number of anilines is 1. The lowest BCUT2D eigenvalue weighted by Crippen LogP contribution is -2.40. The van der Waals surface area contributed by atoms with Gasteiger partial charge in [-0.15, -0.1) is 12.4 Å². The van der Waals surface area contributed by atoms with Crippen molar-refractivity contribution in [2.75, 3.05) is 5.32 Å². The van der Waals surface area contributed by atoms with Crippen LogP contribution in [-0.2, 0) is 4.79 Å². The molecule has 2 atom stereocenters. The number of rotatable bonds is 5. The van der Waals surface area contributed by atoms with E-state index in [1.54, 1.807) is 6.26 Å². The van der Waals surface area contributed by atoms with Gasteiger partial charge in [-0.3, -0.25) is 4.79 Å². The summed E-state index contributed by atoms with van der Waals surface area (Å²) in [4.78, 5) is 16.4. The minimum atomic E-state index is -0.511. The molecule has 0 spiro atoms. The predicted octanol–water partition coefficient (Wildman–Crippen LogP) is 3.38. The fraction of sp³-hybridized carbons (Fsp3) is 0.375. The fourth-order valence-corrected chi connectivity index (χ4v) is 1.95. The largest absolute Gasteiger partial charge is 0.444 e. The second kappa shape index (κ2) is 7.96. The Hall–Kier alpha value is -1.85. The summed E-state index contributed by atoms with van der Waals surface area (Å²) in [5.74, 6) is 0.502. The second-order valence-corrected chi connectivity index (χ2v) is 5.28. The zero-order valence-electron chi connectivity index (χ0n) is 13.0. The molecule has 0 aliphatic rings. The quantitative estimate of drug-likeness (QED) is 0.883. The van der Waals surface area contributed by atoms with E-state index in [1.165, 1.54) is 0 Å². The van der Waals surface area contributed by atoms with Gasteiger partial charge in [-0.25, -0.2) is 4.98 Å². The van der Waals surface area contributed by atoms with Gasteiger partial charge in [0.1, 0.15) is 6.26 Å². The summed E-state index contributed by atoms with van der Waals surface area (Å²) in [6, 6.07) is 6.87. The number of carbonyl (C=O) groups is 1. The van der Waals surface area contributed by atoms with Gasteiger partial charge in [0.25, 0.3) is 0 Å². The lowest BCUT2D eigenvalue weighted by molar-refractivity contribution is -0.118. The molecule has 2 unspecified atom stereocenters. The molecule has 1 heterocycles. The van der Waals surface area contributed by atoms with Crippen molar-refractivity contribution in [3.8, 4) is 11.5 Å². The van der Waals surface area contributed by atoms with Gasteiger partial charge >= 0.3 is 0 Å². The highest BCUT2D eigenvalue weighted by molar-refractivity contribution is 5.95. The Labute approximate surface area is 136 Å². The molecule has 0 saturated carbocycles. The summed E-state index contributed by atoms with van der Waals surface area (Å²) >= 11 is 0. The molecule has 1 aromatic carbocycles. The van der Waals surface area contributed by atoms with E-state index in [-0.39, 0.29) is 24.2 Å². The topological polar surface area (TPSA) is 81.2 Å². The standard InChI is InChI=1S/C16H21N3O2.ClH/c1-4-10(2)14(17)15(20)19-13-7-5-6-12(8-13)16-18-11(3)9-21-16;/h5-10,14H,4,17H2,1-3H3,(H,19,20);1H. The minimum Gasteiger partial charge on any atom is -0.444 e. The molecule has 1 aromatic heterocycles. The zero-order valence-corrected chi connectivity index (χ0v) is 13.8. The normalized spacial score (nSPS) is 13.1. The Balaban J connectivity index is 0.00000242. The molecule has 3 N–H and O–H groups in total. The van der Waals surface area contributed by atoms with Gasteiger partial charge in [-0.1, -0.05) is 26.3 Å². The lowest BCUT2D eigenvalue weighted by atomic mass is 9.99. The van der Waals surface area contributed by atoms with Crippen LogP contribution >= 0.6 is 12.4 Å². The Morgan fingerprint density at radius 3 is 2.77 bits per heavy atom. The average Bonchev–Trinajstić information content (AvgIpc) is 2.92. The van der Waals surface area contributed by atoms with Gasteiger partial charge in [-0.2, -0.15) is 0 Å². The molecule has 0 radical (unpaired) electrons. The van der Waals surface area contributed by atoms with Crippen LogP contribution in [0.5, 0.6) is 0 Å². The molecular weight excluding hydrogens is 302 g/mol. The molecule has 120 valence electrons. The van der Waals surface area contributed by atoms with Gasteiger partial charge in [0.15, 0.2) is 0 Å². The van der Waals surface area contributed by atoms with Crippen LogP contribution in [0, 0.1) is 12.8 Å². The van der Waals surface area contributed by atoms with E-state index >= 15 is 0 Å². The van der Waals surface area contributed by atoms with Crippen molar-refractivity contribution in [1.82, 2.24) is 4.98 Å². The highest BCUT2D eigenvalue weighted by atomic mass is 35.5. The molecule has 0 aliphatic carbocycles. The van der Waals surface area contributed by atoms with Crippen LogP contribution in [-0.4, -0.2) is 16.9 Å². The van der Waals surface area contributed by atoms with Crippen LogP contribution in [0.15, 0.2) is 34.9 Å². The maximum absolute atomic E-state index is 12.1. The van der Waals surface area contributed by atoms with Crippen molar-refractivity contribution >= 4 is 24.0 Å². The SMILES string of the molecule is CCC(C)C(N)C(=O)Nc1cccc(-c2nc(C)co2)c1.Cl. The van der Waals surface area contributed by atoms with Crippen LogP contribution in [0.1, 0.15) is 26.0 Å². The highest BCUT2D eigenvalue weighted by Crippen LogP contribution is 2.22. The number of hydrogen-bond acceptors (Lipinski definition) is 4. The fourth-order valence-electron chi connectivity index (χ4n) is 1.95. The predicted molar refractivity (Wildman–Crippen MR) is 90.0 cm³/mol. The van der Waals surface area contributed by atoms with Crippen molar-refractivity contribution in [3.63, 3.8) is 0 Å². The van der Waals surface area contributed by atoms with Crippen molar-refractivity contribution in [1.29, 1.82) is 0 Å². The van der Waals surface area contributed by atoms with Gasteiger partial charge in [0.2, 0.25) is 11.8 Å². The maximum Gasteiger partial charge on any atom is 0.241 e. The smallest absolute Gasteiger partial charge is 0.241 e. The number of amides is 1. The summed E-state index contributed by atoms with van der Waals surface area (Å²) < 4.78 is 5.36. The first-order chi connectivity index (χ1) is 10.0. The van der Waals surface area contributed by atoms with Crippen molar-refractivity contribution in [2.24, 2.45) is 11.7 Å². The summed E-state index contributed by atoms with van der Waals surface area (Å²) in [7, 11) is 0. The molecule has 0 bridgehead atoms. The first-order valence-corrected chi connectivity index (χ1v) is 7.10. The molecule has 6 heteroatoms. The third kappa shape index (κ3) is 4.32. The van der Waals surface area contributed by atoms with E-state index in [2.05, 4.69) is 10.3 Å². The zero-order chi connectivity index (χ0) is 15.4. The number of oxazole rings is 1. The molecule has 1 amide bonds. The maximum atomic E-state index is 12.1. The number of aromatic nitrogens is 1. The number of carbonyl (C=O) groups excluding carboxylic acids is 1. The monoisotopic (exact) mass is 323 g/mol. The number of hydrogen-bond donors (Lipinski definition) is 2. The van der Waals surface area contributed by atoms with Gasteiger partial charge < -0.3 is 15.5 Å². The molecule has 2 aromatic rings. The summed E-state index contributed by atoms with van der Waals surface area (Å²) in [6.45, 7) is 5.85. The van der Waals surface area contributed by atoms with Crippen molar-refractivity contribution in [2.45, 2.75) is 33.2 Å². The van der Waals surface area contributed by atoms with Gasteiger partial charge in [0.05, 0.1) is 11.7 Å². The first-order valence-electron chi connectivity index (χ1n) is 7.10. The van der Waals surface area contributed by atoms with Gasteiger partial charge in [-0.05, 0) is 31.0 Å². The number of aryl methyl sites for hydroxylation is 1. The van der Waals surface area contributed by atoms with E-state index in [1.807, 2.05) is 45.0 Å². The summed E-state index contributed by atoms with van der Waals surface area (Å²) in [6.07, 6.45) is 2.46. The molecular formula is C16H22ClN3O2. The molecule has 0 fully saturated rings. The van der Waals surface area contributed by atoms with Crippen LogP contribution in [0.25, 0.3) is 11.5 Å². The number of nitrogens with one attached hydrogen (secondary N) is 1. The Morgan fingerprint density at radius 1 is 1.45 bits per heavy atom. The van der Waals surface area contributed by atoms with E-state index in [4.69, 9.17) is 10.2 Å². The Kier molecular flexibility index (Phi) is 6.59. The third-order valence-corrected chi connectivity index (χ3v) is 3.56. The van der Waals surface area contributed by atoms with Gasteiger partial charge in [0, 0.05) is 11.3 Å².